The first kappa shape index (κ1) is 61.8. The van der Waals surface area contributed by atoms with Crippen molar-refractivity contribution < 1.29 is 26.1 Å². The third-order valence-electron chi connectivity index (χ3n) is 22.0. The van der Waals surface area contributed by atoms with Crippen LogP contribution in [0.1, 0.15) is 100 Å². The predicted molar refractivity (Wildman–Crippen MR) is 368 cm³/mol. The summed E-state index contributed by atoms with van der Waals surface area (Å²) in [5.74, 6) is 3.45. The van der Waals surface area contributed by atoms with Crippen molar-refractivity contribution in [2.75, 3.05) is 78.5 Å². The minimum atomic E-state index is -1.02. The Morgan fingerprint density at radius 2 is 0.602 bits per heavy atom. The van der Waals surface area contributed by atoms with Gasteiger partial charge in [-0.15, -0.1) is 22.7 Å². The average Bonchev–Trinajstić information content (AvgIpc) is 0.965. The van der Waals surface area contributed by atoms with E-state index >= 15 is 0 Å². The molecule has 12 saturated heterocycles. The molecule has 88 heavy (non-hydrogen) atoms. The van der Waals surface area contributed by atoms with E-state index in [1.165, 1.54) is 90.6 Å². The van der Waals surface area contributed by atoms with Crippen LogP contribution in [-0.4, -0.2) is 119 Å². The lowest BCUT2D eigenvalue weighted by atomic mass is 9.65. The number of aliphatic hydroxyl groups is 4. The van der Waals surface area contributed by atoms with Crippen molar-refractivity contribution in [2.24, 2.45) is 47.3 Å². The van der Waals surface area contributed by atoms with E-state index in [9.17, 15) is 20.4 Å². The van der Waals surface area contributed by atoms with Crippen LogP contribution in [0, 0.1) is 47.3 Å². The van der Waals surface area contributed by atoms with Gasteiger partial charge in [0.25, 0.3) is 0 Å². The van der Waals surface area contributed by atoms with Crippen molar-refractivity contribution in [3.05, 3.63) is 258 Å². The molecule has 0 radical (unpaired) electrons. The molecule has 8 bridgehead atoms. The molecule has 6 atom stereocenters. The summed E-state index contributed by atoms with van der Waals surface area (Å²) in [5, 5.41) is 53.0. The van der Waals surface area contributed by atoms with E-state index in [0.29, 0.717) is 39.6 Å². The highest BCUT2D eigenvalue weighted by molar-refractivity contribution is 7.11. The second kappa shape index (κ2) is 27.0. The number of hydrogen-bond acceptors (Lipinski definition) is 10. The fraction of sp³-hybridized carbons (Fsp3) is 0.421. The number of hydrogen-bond donors (Lipinski definition) is 4. The van der Waals surface area contributed by atoms with Gasteiger partial charge in [-0.1, -0.05) is 187 Å². The highest BCUT2D eigenvalue weighted by atomic mass is 35.5. The Morgan fingerprint density at radius 3 is 0.898 bits per heavy atom. The van der Waals surface area contributed by atoms with Gasteiger partial charge in [-0.2, -0.15) is 0 Å². The lowest BCUT2D eigenvalue weighted by molar-refractivity contribution is -0.0765. The molecule has 0 spiro atoms. The summed E-state index contributed by atoms with van der Waals surface area (Å²) in [7, 11) is 0. The van der Waals surface area contributed by atoms with E-state index in [1.807, 2.05) is 146 Å². The number of nitrogens with zero attached hydrogens (tertiary/aromatic N) is 4. The van der Waals surface area contributed by atoms with Gasteiger partial charge < -0.3 is 40.0 Å². The monoisotopic (exact) mass is 1260 g/mol. The van der Waals surface area contributed by atoms with Gasteiger partial charge in [0.15, 0.2) is 0 Å². The number of halogens is 2. The molecule has 12 heteroatoms. The van der Waals surface area contributed by atoms with Gasteiger partial charge in [-0.3, -0.25) is 0 Å². The van der Waals surface area contributed by atoms with Crippen LogP contribution >= 0.6 is 45.9 Å². The van der Waals surface area contributed by atoms with Crippen LogP contribution in [0.5, 0.6) is 0 Å². The van der Waals surface area contributed by atoms with Crippen LogP contribution in [0.3, 0.4) is 0 Å². The Balaban J connectivity index is 0.000000143. The van der Waals surface area contributed by atoms with Crippen LogP contribution < -0.4 is 0 Å². The molecule has 0 saturated carbocycles. The molecule has 12 aliphatic heterocycles. The Bertz CT molecular complexity index is 3390. The van der Waals surface area contributed by atoms with E-state index in [1.54, 1.807) is 22.7 Å². The fourth-order valence-electron chi connectivity index (χ4n) is 17.2. The van der Waals surface area contributed by atoms with Gasteiger partial charge in [-0.05, 0) is 196 Å². The lowest BCUT2D eigenvalue weighted by Crippen LogP contribution is -2.55. The SMILES string of the molecule is OC(c1ccccc1)(c1ccc(Cl)cc1)C1CN2CCC1CC2.OC(c1ccccc1)(c1ccccc1)C1CN2CCC1CC2.OC(c1ccccc1)(c1ccccc1Cl)C1CN2CCC1CC2.OC(c1cccs1)(c1cccs1)C1CN2CCC1CC2.[HH].[HH].[HH].[HH]. The zero-order valence-corrected chi connectivity index (χ0v) is 53.7. The van der Waals surface area contributed by atoms with Crippen LogP contribution in [0.15, 0.2) is 205 Å². The maximum atomic E-state index is 12.0. The highest BCUT2D eigenvalue weighted by Gasteiger charge is 2.53. The highest BCUT2D eigenvalue weighted by Crippen LogP contribution is 2.52. The van der Waals surface area contributed by atoms with E-state index in [0.717, 1.165) is 82.4 Å². The van der Waals surface area contributed by atoms with Gasteiger partial charge in [0, 0.05) is 80.9 Å². The van der Waals surface area contributed by atoms with E-state index in [-0.39, 0.29) is 23.5 Å². The molecule has 4 N–H and O–H groups in total. The first-order valence-corrected chi connectivity index (χ1v) is 35.1. The topological polar surface area (TPSA) is 93.9 Å². The van der Waals surface area contributed by atoms with Gasteiger partial charge in [0.05, 0.1) is 0 Å². The number of thiophene rings is 2. The molecule has 0 aliphatic carbocycles. The molecule has 14 heterocycles. The van der Waals surface area contributed by atoms with Crippen LogP contribution in [0.4, 0.5) is 0 Å². The zero-order valence-electron chi connectivity index (χ0n) is 50.5. The Kier molecular flexibility index (Phi) is 19.0. The second-order valence-electron chi connectivity index (χ2n) is 26.4. The normalized spacial score (nSPS) is 29.0. The summed E-state index contributed by atoms with van der Waals surface area (Å²) in [5.41, 5.74) is 2.14. The van der Waals surface area contributed by atoms with Crippen molar-refractivity contribution >= 4 is 45.9 Å². The average molecular weight is 1260 g/mol. The van der Waals surface area contributed by atoms with Gasteiger partial charge in [0.1, 0.15) is 22.4 Å². The molecule has 20 rings (SSSR count). The molecule has 0 amide bonds. The smallest absolute Gasteiger partial charge is 0.137 e. The third kappa shape index (κ3) is 12.2. The van der Waals surface area contributed by atoms with Crippen molar-refractivity contribution in [1.82, 2.24) is 19.6 Å². The van der Waals surface area contributed by atoms with Gasteiger partial charge in [0.2, 0.25) is 0 Å². The Labute approximate surface area is 546 Å². The lowest BCUT2D eigenvalue weighted by Gasteiger charge is -2.51. The van der Waals surface area contributed by atoms with Gasteiger partial charge in [-0.25, -0.2) is 0 Å². The number of piperidine rings is 12. The summed E-state index contributed by atoms with van der Waals surface area (Å²) in [6.07, 6.45) is 9.63. The summed E-state index contributed by atoms with van der Waals surface area (Å²) >= 11 is 15.9. The molecule has 12 fully saturated rings. The molecule has 468 valence electrons. The summed E-state index contributed by atoms with van der Waals surface area (Å²) in [6.45, 7) is 13.4. The minimum Gasteiger partial charge on any atom is -0.380 e. The third-order valence-corrected chi connectivity index (χ3v) is 24.6. The number of fused-ring (bicyclic) bond motifs is 12. The number of rotatable bonds is 12. The van der Waals surface area contributed by atoms with E-state index in [4.69, 9.17) is 23.2 Å². The Morgan fingerprint density at radius 1 is 0.318 bits per heavy atom. The first-order valence-electron chi connectivity index (χ1n) is 32.5. The maximum absolute atomic E-state index is 12.0. The second-order valence-corrected chi connectivity index (χ2v) is 29.2. The molecule has 8 aromatic rings. The van der Waals surface area contributed by atoms with Crippen molar-refractivity contribution in [1.29, 1.82) is 0 Å². The molecule has 6 unspecified atom stereocenters. The molecule has 12 aliphatic rings. The van der Waals surface area contributed by atoms with Crippen molar-refractivity contribution in [3.63, 3.8) is 0 Å². The summed E-state index contributed by atoms with van der Waals surface area (Å²) in [4.78, 5) is 12.2. The van der Waals surface area contributed by atoms with Crippen molar-refractivity contribution in [2.45, 2.75) is 73.8 Å². The molecular weight excluding hydrogens is 1170 g/mol. The maximum Gasteiger partial charge on any atom is 0.137 e. The number of benzene rings is 6. The largest absolute Gasteiger partial charge is 0.380 e. The summed E-state index contributed by atoms with van der Waals surface area (Å²) < 4.78 is 0. The predicted octanol–water partition coefficient (Wildman–Crippen LogP) is 15.5. The minimum absolute atomic E-state index is 0. The standard InChI is InChI=1S/2C20H22ClNO.C20H23NO.C16H19NOS2.4H2/c21-19-9-5-4-8-17(19)20(23,16-6-2-1-3-7-16)18-14-22-12-10-15(18)11-13-22;21-18-8-6-17(7-9-18)20(23,16-4-2-1-3-5-16)19-14-22-12-10-15(19)11-13-22;22-20(17-7-3-1-4-8-17,18-9-5-2-6-10-18)19-15-21-13-11-16(19)12-14-21;18-16(14-3-1-9-19-14,15-4-2-10-20-15)13-11-17-7-5-12(13)6-8-17;;;;/h1-9,15,18,23H,10-14H2;1-9,15,19,23H,10-14H2;1-10,16,19,22H,11-15H2;1-4,9-10,12-13,18H,5-8,11H2;4*1H. The molecule has 8 nitrogen and oxygen atoms in total. The molecule has 6 aromatic carbocycles. The van der Waals surface area contributed by atoms with Gasteiger partial charge >= 0.3 is 0 Å². The van der Waals surface area contributed by atoms with Crippen molar-refractivity contribution in [3.8, 4) is 0 Å². The van der Waals surface area contributed by atoms with E-state index in [2.05, 4.69) is 78.9 Å². The van der Waals surface area contributed by atoms with Crippen LogP contribution in [-0.2, 0) is 22.4 Å². The quantitative estimate of drug-likeness (QED) is 0.0961. The first-order chi connectivity index (χ1) is 42.9. The van der Waals surface area contributed by atoms with Crippen LogP contribution in [0.2, 0.25) is 10.0 Å². The van der Waals surface area contributed by atoms with E-state index < -0.39 is 22.4 Å². The molecular formula is C76H94Cl2N4O4S2. The van der Waals surface area contributed by atoms with Crippen LogP contribution in [0.25, 0.3) is 0 Å². The summed E-state index contributed by atoms with van der Waals surface area (Å²) in [6, 6.07) is 64.4. The fourth-order valence-corrected chi connectivity index (χ4v) is 19.5. The molecule has 2 aromatic heterocycles. The zero-order chi connectivity index (χ0) is 60.3. The Hall–Kier alpha value is -5.02.